The molecular formula is C15H15NO. The van der Waals surface area contributed by atoms with Gasteiger partial charge in [-0.1, -0.05) is 24.3 Å². The number of phenols is 1. The van der Waals surface area contributed by atoms with Gasteiger partial charge in [-0.25, -0.2) is 0 Å². The van der Waals surface area contributed by atoms with Crippen LogP contribution in [0, 0.1) is 6.92 Å². The normalized spacial score (nSPS) is 17.6. The van der Waals surface area contributed by atoms with Crippen molar-refractivity contribution >= 4 is 5.69 Å². The van der Waals surface area contributed by atoms with E-state index < -0.39 is 0 Å². The van der Waals surface area contributed by atoms with Crippen molar-refractivity contribution in [2.24, 2.45) is 0 Å². The zero-order chi connectivity index (χ0) is 11.8. The minimum Gasteiger partial charge on any atom is -0.508 e. The number of phenolic OH excluding ortho intramolecular Hbond substituents is 1. The van der Waals surface area contributed by atoms with Crippen LogP contribution >= 0.6 is 0 Å². The third-order valence-electron chi connectivity index (χ3n) is 3.41. The summed E-state index contributed by atoms with van der Waals surface area (Å²) >= 11 is 0. The van der Waals surface area contributed by atoms with Crippen molar-refractivity contribution in [1.82, 2.24) is 0 Å². The first kappa shape index (κ1) is 10.2. The first-order valence-corrected chi connectivity index (χ1v) is 5.88. The van der Waals surface area contributed by atoms with E-state index in [-0.39, 0.29) is 0 Å². The average Bonchev–Trinajstić information content (AvgIpc) is 2.72. The topological polar surface area (TPSA) is 32.3 Å². The second kappa shape index (κ2) is 3.81. The minimum atomic E-state index is 0.327. The number of benzene rings is 2. The largest absolute Gasteiger partial charge is 0.508 e. The molecule has 0 radical (unpaired) electrons. The SMILES string of the molecule is Cc1ccccc1C1Cc2cc(O)ccc2N1. The molecule has 2 aromatic rings. The van der Waals surface area contributed by atoms with E-state index in [1.165, 1.54) is 16.7 Å². The summed E-state index contributed by atoms with van der Waals surface area (Å²) in [6.07, 6.45) is 0.939. The summed E-state index contributed by atoms with van der Waals surface area (Å²) in [5, 5.41) is 13.0. The number of hydrogen-bond donors (Lipinski definition) is 2. The van der Waals surface area contributed by atoms with Crippen LogP contribution in [0.4, 0.5) is 5.69 Å². The van der Waals surface area contributed by atoms with Gasteiger partial charge < -0.3 is 10.4 Å². The van der Waals surface area contributed by atoms with Crippen molar-refractivity contribution < 1.29 is 5.11 Å². The highest BCUT2D eigenvalue weighted by atomic mass is 16.3. The average molecular weight is 225 g/mol. The molecule has 0 amide bonds. The van der Waals surface area contributed by atoms with Crippen molar-refractivity contribution in [3.8, 4) is 5.75 Å². The van der Waals surface area contributed by atoms with Crippen LogP contribution < -0.4 is 5.32 Å². The Bertz CT molecular complexity index is 563. The molecule has 2 aromatic carbocycles. The zero-order valence-electron chi connectivity index (χ0n) is 9.77. The third kappa shape index (κ3) is 1.76. The summed E-state index contributed by atoms with van der Waals surface area (Å²) < 4.78 is 0. The van der Waals surface area contributed by atoms with Gasteiger partial charge in [-0.05, 0) is 48.2 Å². The molecule has 3 rings (SSSR count). The number of nitrogens with one attached hydrogen (secondary N) is 1. The lowest BCUT2D eigenvalue weighted by Crippen LogP contribution is -2.07. The van der Waals surface area contributed by atoms with Crippen LogP contribution in [0.1, 0.15) is 22.7 Å². The molecule has 2 heteroatoms. The standard InChI is InChI=1S/C15H15NO/c1-10-4-2-3-5-13(10)15-9-11-8-12(17)6-7-14(11)16-15/h2-8,15-17H,9H2,1H3. The van der Waals surface area contributed by atoms with Gasteiger partial charge in [0.25, 0.3) is 0 Å². The molecule has 2 N–H and O–H groups in total. The molecule has 0 fully saturated rings. The van der Waals surface area contributed by atoms with Gasteiger partial charge in [-0.2, -0.15) is 0 Å². The number of fused-ring (bicyclic) bond motifs is 1. The van der Waals surface area contributed by atoms with E-state index in [0.29, 0.717) is 11.8 Å². The lowest BCUT2D eigenvalue weighted by molar-refractivity contribution is 0.475. The zero-order valence-corrected chi connectivity index (χ0v) is 9.77. The van der Waals surface area contributed by atoms with Gasteiger partial charge in [0, 0.05) is 5.69 Å². The number of hydrogen-bond acceptors (Lipinski definition) is 2. The fourth-order valence-electron chi connectivity index (χ4n) is 2.51. The number of aryl methyl sites for hydroxylation is 1. The molecule has 1 unspecified atom stereocenters. The summed E-state index contributed by atoms with van der Waals surface area (Å²) in [4.78, 5) is 0. The van der Waals surface area contributed by atoms with Gasteiger partial charge in [0.05, 0.1) is 6.04 Å². The van der Waals surface area contributed by atoms with Crippen LogP contribution in [0.3, 0.4) is 0 Å². The smallest absolute Gasteiger partial charge is 0.116 e. The van der Waals surface area contributed by atoms with Crippen LogP contribution in [0.2, 0.25) is 0 Å². The van der Waals surface area contributed by atoms with E-state index in [0.717, 1.165) is 12.1 Å². The summed E-state index contributed by atoms with van der Waals surface area (Å²) in [5.74, 6) is 0.344. The van der Waals surface area contributed by atoms with E-state index in [2.05, 4.69) is 36.5 Å². The van der Waals surface area contributed by atoms with Crippen LogP contribution in [0.15, 0.2) is 42.5 Å². The van der Waals surface area contributed by atoms with Crippen LogP contribution in [-0.4, -0.2) is 5.11 Å². The molecule has 1 heterocycles. The maximum absolute atomic E-state index is 9.48. The molecule has 1 aliphatic heterocycles. The van der Waals surface area contributed by atoms with Crippen molar-refractivity contribution in [3.63, 3.8) is 0 Å². The van der Waals surface area contributed by atoms with E-state index in [1.807, 2.05) is 12.1 Å². The maximum atomic E-state index is 9.48. The second-order valence-electron chi connectivity index (χ2n) is 4.60. The Morgan fingerprint density at radius 1 is 1.18 bits per heavy atom. The highest BCUT2D eigenvalue weighted by Crippen LogP contribution is 2.36. The molecular weight excluding hydrogens is 210 g/mol. The highest BCUT2D eigenvalue weighted by molar-refractivity contribution is 5.60. The van der Waals surface area contributed by atoms with E-state index in [9.17, 15) is 5.11 Å². The minimum absolute atomic E-state index is 0.327. The van der Waals surface area contributed by atoms with Gasteiger partial charge in [-0.15, -0.1) is 0 Å². The predicted octanol–water partition coefficient (Wildman–Crippen LogP) is 3.41. The number of aromatic hydroxyl groups is 1. The summed E-state index contributed by atoms with van der Waals surface area (Å²) in [6.45, 7) is 2.14. The predicted molar refractivity (Wildman–Crippen MR) is 69.4 cm³/mol. The van der Waals surface area contributed by atoms with Crippen molar-refractivity contribution in [2.45, 2.75) is 19.4 Å². The molecule has 0 spiro atoms. The van der Waals surface area contributed by atoms with E-state index in [4.69, 9.17) is 0 Å². The monoisotopic (exact) mass is 225 g/mol. The molecule has 1 aliphatic rings. The third-order valence-corrected chi connectivity index (χ3v) is 3.41. The Labute approximate surface area is 101 Å². The Balaban J connectivity index is 1.94. The van der Waals surface area contributed by atoms with Gasteiger partial charge >= 0.3 is 0 Å². The second-order valence-corrected chi connectivity index (χ2v) is 4.60. The summed E-state index contributed by atoms with van der Waals surface area (Å²) in [7, 11) is 0. The van der Waals surface area contributed by atoms with Gasteiger partial charge in [0.15, 0.2) is 0 Å². The molecule has 0 aromatic heterocycles. The Hall–Kier alpha value is -1.96. The first-order chi connectivity index (χ1) is 8.24. The summed E-state index contributed by atoms with van der Waals surface area (Å²) in [6, 6.07) is 14.3. The van der Waals surface area contributed by atoms with Gasteiger partial charge in [-0.3, -0.25) is 0 Å². The van der Waals surface area contributed by atoms with Crippen LogP contribution in [0.25, 0.3) is 0 Å². The fourth-order valence-corrected chi connectivity index (χ4v) is 2.51. The molecule has 86 valence electrons. The Kier molecular flexibility index (Phi) is 2.29. The molecule has 1 atom stereocenters. The number of rotatable bonds is 1. The van der Waals surface area contributed by atoms with Crippen LogP contribution in [-0.2, 0) is 6.42 Å². The van der Waals surface area contributed by atoms with Crippen molar-refractivity contribution in [2.75, 3.05) is 5.32 Å². The van der Waals surface area contributed by atoms with Crippen molar-refractivity contribution in [1.29, 1.82) is 0 Å². The van der Waals surface area contributed by atoms with Crippen molar-refractivity contribution in [3.05, 3.63) is 59.2 Å². The Morgan fingerprint density at radius 2 is 2.00 bits per heavy atom. The maximum Gasteiger partial charge on any atom is 0.116 e. The lowest BCUT2D eigenvalue weighted by Gasteiger charge is -2.14. The highest BCUT2D eigenvalue weighted by Gasteiger charge is 2.22. The van der Waals surface area contributed by atoms with E-state index in [1.54, 1.807) is 6.07 Å². The summed E-state index contributed by atoms with van der Waals surface area (Å²) in [5.41, 5.74) is 4.97. The quantitative estimate of drug-likeness (QED) is 0.729. The molecule has 0 saturated carbocycles. The van der Waals surface area contributed by atoms with Crippen LogP contribution in [0.5, 0.6) is 5.75 Å². The molecule has 2 nitrogen and oxygen atoms in total. The van der Waals surface area contributed by atoms with Gasteiger partial charge in [0.1, 0.15) is 5.75 Å². The molecule has 0 bridgehead atoms. The van der Waals surface area contributed by atoms with Gasteiger partial charge in [0.2, 0.25) is 0 Å². The number of anilines is 1. The molecule has 0 saturated heterocycles. The first-order valence-electron chi connectivity index (χ1n) is 5.88. The fraction of sp³-hybridized carbons (Fsp3) is 0.200. The molecule has 17 heavy (non-hydrogen) atoms. The molecule has 0 aliphatic carbocycles. The van der Waals surface area contributed by atoms with E-state index >= 15 is 0 Å². The Morgan fingerprint density at radius 3 is 2.82 bits per heavy atom. The lowest BCUT2D eigenvalue weighted by atomic mass is 9.99.